The lowest BCUT2D eigenvalue weighted by Crippen LogP contribution is -2.31. The van der Waals surface area contributed by atoms with Crippen molar-refractivity contribution >= 4 is 17.7 Å². The number of hydrogen-bond donors (Lipinski definition) is 2. The largest absolute Gasteiger partial charge is 0.481 e. The zero-order valence-corrected chi connectivity index (χ0v) is 11.7. The van der Waals surface area contributed by atoms with Gasteiger partial charge in [-0.05, 0) is 19.8 Å². The van der Waals surface area contributed by atoms with Gasteiger partial charge in [-0.1, -0.05) is 25.6 Å². The van der Waals surface area contributed by atoms with E-state index in [9.17, 15) is 9.90 Å². The Bertz CT molecular complexity index is 416. The first kappa shape index (κ1) is 15.0. The molecule has 0 fully saturated rings. The highest BCUT2D eigenvalue weighted by atomic mass is 32.2. The molecule has 0 aromatic carbocycles. The van der Waals surface area contributed by atoms with Crippen molar-refractivity contribution in [2.45, 2.75) is 50.9 Å². The summed E-state index contributed by atoms with van der Waals surface area (Å²) in [6.07, 6.45) is 1.71. The van der Waals surface area contributed by atoms with E-state index in [1.54, 1.807) is 0 Å². The van der Waals surface area contributed by atoms with Crippen LogP contribution in [-0.4, -0.2) is 36.7 Å². The fourth-order valence-electron chi connectivity index (χ4n) is 1.73. The second-order valence-corrected chi connectivity index (χ2v) is 5.22. The molecule has 0 saturated heterocycles. The standard InChI is InChI=1S/C11H19N3O3S/c1-4-11(3,5-2)14-8(6-15)12-13-10(14)18-7-9(16)17/h15H,4-7H2,1-3H3,(H,16,17). The van der Waals surface area contributed by atoms with Crippen molar-refractivity contribution in [1.82, 2.24) is 14.8 Å². The van der Waals surface area contributed by atoms with Crippen LogP contribution >= 0.6 is 11.8 Å². The van der Waals surface area contributed by atoms with Gasteiger partial charge in [-0.25, -0.2) is 0 Å². The summed E-state index contributed by atoms with van der Waals surface area (Å²) in [4.78, 5) is 10.6. The summed E-state index contributed by atoms with van der Waals surface area (Å²) in [7, 11) is 0. The summed E-state index contributed by atoms with van der Waals surface area (Å²) in [6, 6.07) is 0. The third kappa shape index (κ3) is 3.02. The number of nitrogens with zero attached hydrogens (tertiary/aromatic N) is 3. The van der Waals surface area contributed by atoms with Crippen LogP contribution in [0.2, 0.25) is 0 Å². The van der Waals surface area contributed by atoms with Gasteiger partial charge in [0.25, 0.3) is 0 Å². The van der Waals surface area contributed by atoms with Crippen molar-refractivity contribution in [3.8, 4) is 0 Å². The summed E-state index contributed by atoms with van der Waals surface area (Å²) in [5.74, 6) is -0.475. The fraction of sp³-hybridized carbons (Fsp3) is 0.727. The predicted octanol–water partition coefficient (Wildman–Crippen LogP) is 1.48. The third-order valence-corrected chi connectivity index (χ3v) is 4.14. The number of thioether (sulfide) groups is 1. The lowest BCUT2D eigenvalue weighted by Gasteiger charge is -2.31. The van der Waals surface area contributed by atoms with Gasteiger partial charge in [-0.3, -0.25) is 9.36 Å². The number of carboxylic acids is 1. The molecule has 6 nitrogen and oxygen atoms in total. The maximum absolute atomic E-state index is 10.6. The van der Waals surface area contributed by atoms with Crippen LogP contribution in [0.25, 0.3) is 0 Å². The molecule has 1 rings (SSSR count). The number of aliphatic hydroxyl groups is 1. The molecular formula is C11H19N3O3S. The molecule has 0 aliphatic heterocycles. The SMILES string of the molecule is CCC(C)(CC)n1c(CO)nnc1SCC(=O)O. The molecule has 1 aromatic heterocycles. The fourth-order valence-corrected chi connectivity index (χ4v) is 2.54. The molecular weight excluding hydrogens is 254 g/mol. The van der Waals surface area contributed by atoms with Crippen LogP contribution in [0, 0.1) is 0 Å². The lowest BCUT2D eigenvalue weighted by atomic mass is 9.95. The Morgan fingerprint density at radius 3 is 2.44 bits per heavy atom. The van der Waals surface area contributed by atoms with Gasteiger partial charge in [-0.2, -0.15) is 0 Å². The van der Waals surface area contributed by atoms with Crippen LogP contribution in [0.1, 0.15) is 39.4 Å². The summed E-state index contributed by atoms with van der Waals surface area (Å²) < 4.78 is 1.86. The van der Waals surface area contributed by atoms with Gasteiger partial charge in [0, 0.05) is 5.54 Å². The first-order chi connectivity index (χ1) is 8.48. The van der Waals surface area contributed by atoms with E-state index in [4.69, 9.17) is 5.11 Å². The molecule has 0 amide bonds. The number of hydrogen-bond acceptors (Lipinski definition) is 5. The average Bonchev–Trinajstić information content (AvgIpc) is 2.79. The molecule has 0 aliphatic rings. The first-order valence-corrected chi connectivity index (χ1v) is 6.87. The van der Waals surface area contributed by atoms with E-state index in [2.05, 4.69) is 31.0 Å². The second-order valence-electron chi connectivity index (χ2n) is 4.28. The quantitative estimate of drug-likeness (QED) is 0.732. The second kappa shape index (κ2) is 6.19. The Balaban J connectivity index is 3.12. The average molecular weight is 273 g/mol. The minimum absolute atomic E-state index is 0.0624. The topological polar surface area (TPSA) is 88.2 Å². The first-order valence-electron chi connectivity index (χ1n) is 5.88. The highest BCUT2D eigenvalue weighted by molar-refractivity contribution is 7.99. The highest BCUT2D eigenvalue weighted by Gasteiger charge is 2.28. The van der Waals surface area contributed by atoms with Crippen LogP contribution in [0.3, 0.4) is 0 Å². The zero-order valence-electron chi connectivity index (χ0n) is 10.9. The zero-order chi connectivity index (χ0) is 13.8. The minimum atomic E-state index is -0.894. The summed E-state index contributed by atoms with van der Waals surface area (Å²) >= 11 is 1.13. The van der Waals surface area contributed by atoms with Crippen molar-refractivity contribution in [1.29, 1.82) is 0 Å². The van der Waals surface area contributed by atoms with Crippen molar-refractivity contribution in [3.63, 3.8) is 0 Å². The van der Waals surface area contributed by atoms with Crippen LogP contribution in [0.15, 0.2) is 5.16 Å². The molecule has 0 bridgehead atoms. The Hall–Kier alpha value is -1.08. The summed E-state index contributed by atoms with van der Waals surface area (Å²) in [6.45, 7) is 5.96. The van der Waals surface area contributed by atoms with E-state index >= 15 is 0 Å². The van der Waals surface area contributed by atoms with E-state index in [0.29, 0.717) is 11.0 Å². The van der Waals surface area contributed by atoms with Crippen molar-refractivity contribution in [3.05, 3.63) is 5.82 Å². The summed E-state index contributed by atoms with van der Waals surface area (Å²) in [5.41, 5.74) is -0.206. The van der Waals surface area contributed by atoms with Crippen molar-refractivity contribution < 1.29 is 15.0 Å². The van der Waals surface area contributed by atoms with Crippen LogP contribution in [0.4, 0.5) is 0 Å². The predicted molar refractivity (Wildman–Crippen MR) is 68.5 cm³/mol. The van der Waals surface area contributed by atoms with Crippen molar-refractivity contribution in [2.75, 3.05) is 5.75 Å². The highest BCUT2D eigenvalue weighted by Crippen LogP contribution is 2.31. The van der Waals surface area contributed by atoms with Crippen LogP contribution in [-0.2, 0) is 16.9 Å². The maximum atomic E-state index is 10.6. The number of aliphatic carboxylic acids is 1. The molecule has 0 atom stereocenters. The molecule has 1 heterocycles. The molecule has 0 saturated carbocycles. The van der Waals surface area contributed by atoms with Gasteiger partial charge >= 0.3 is 5.97 Å². The van der Waals surface area contributed by atoms with Gasteiger partial charge in [0.1, 0.15) is 6.61 Å². The van der Waals surface area contributed by atoms with Gasteiger partial charge in [-0.15, -0.1) is 10.2 Å². The number of carbonyl (C=O) groups is 1. The van der Waals surface area contributed by atoms with Crippen LogP contribution in [0.5, 0.6) is 0 Å². The molecule has 0 spiro atoms. The van der Waals surface area contributed by atoms with E-state index in [1.165, 1.54) is 0 Å². The lowest BCUT2D eigenvalue weighted by molar-refractivity contribution is -0.133. The normalized spacial score (nSPS) is 11.8. The number of aliphatic hydroxyl groups excluding tert-OH is 1. The van der Waals surface area contributed by atoms with E-state index in [0.717, 1.165) is 24.6 Å². The smallest absolute Gasteiger partial charge is 0.313 e. The Morgan fingerprint density at radius 2 is 2.00 bits per heavy atom. The number of carboxylic acid groups (broad SMARTS) is 1. The molecule has 102 valence electrons. The molecule has 1 aromatic rings. The minimum Gasteiger partial charge on any atom is -0.481 e. The monoisotopic (exact) mass is 273 g/mol. The molecule has 18 heavy (non-hydrogen) atoms. The number of rotatable bonds is 7. The Labute approximate surface area is 110 Å². The van der Waals surface area contributed by atoms with Gasteiger partial charge < -0.3 is 10.2 Å². The van der Waals surface area contributed by atoms with Gasteiger partial charge in [0.15, 0.2) is 11.0 Å². The van der Waals surface area contributed by atoms with Gasteiger partial charge in [0.05, 0.1) is 5.75 Å². The third-order valence-electron chi connectivity index (χ3n) is 3.23. The Morgan fingerprint density at radius 1 is 1.39 bits per heavy atom. The molecule has 0 aliphatic carbocycles. The van der Waals surface area contributed by atoms with Crippen molar-refractivity contribution in [2.24, 2.45) is 0 Å². The number of aromatic nitrogens is 3. The van der Waals surface area contributed by atoms with E-state index < -0.39 is 5.97 Å². The molecule has 7 heteroatoms. The van der Waals surface area contributed by atoms with E-state index in [1.807, 2.05) is 4.57 Å². The molecule has 0 radical (unpaired) electrons. The van der Waals surface area contributed by atoms with Crippen LogP contribution < -0.4 is 0 Å². The van der Waals surface area contributed by atoms with E-state index in [-0.39, 0.29) is 17.9 Å². The summed E-state index contributed by atoms with van der Waals surface area (Å²) in [5, 5.41) is 26.5. The van der Waals surface area contributed by atoms with Gasteiger partial charge in [0.2, 0.25) is 0 Å². The maximum Gasteiger partial charge on any atom is 0.313 e. The Kier molecular flexibility index (Phi) is 5.15. The molecule has 0 unspecified atom stereocenters. The molecule has 2 N–H and O–H groups in total.